The first kappa shape index (κ1) is 20.5. The van der Waals surface area contributed by atoms with E-state index in [9.17, 15) is 10.0 Å². The first-order valence-corrected chi connectivity index (χ1v) is 10.6. The van der Waals surface area contributed by atoms with Gasteiger partial charge in [-0.2, -0.15) is 0 Å². The molecule has 0 saturated heterocycles. The van der Waals surface area contributed by atoms with Crippen LogP contribution < -0.4 is 4.85 Å². The van der Waals surface area contributed by atoms with Crippen molar-refractivity contribution in [3.63, 3.8) is 0 Å². The molecule has 5 heteroatoms. The Morgan fingerprint density at radius 1 is 0.968 bits per heavy atom. The number of fused-ring (bicyclic) bond motifs is 1. The number of benzene rings is 3. The van der Waals surface area contributed by atoms with Crippen LogP contribution in [0.4, 0.5) is 0 Å². The van der Waals surface area contributed by atoms with Crippen molar-refractivity contribution in [2.45, 2.75) is 32.6 Å². The van der Waals surface area contributed by atoms with Crippen LogP contribution in [0.25, 0.3) is 28.2 Å². The Morgan fingerprint density at radius 3 is 2.35 bits per heavy atom. The molecule has 31 heavy (non-hydrogen) atoms. The number of allylic oxidation sites excluding steroid dienone is 1. The van der Waals surface area contributed by atoms with E-state index in [0.29, 0.717) is 15.9 Å². The predicted octanol–water partition coefficient (Wildman–Crippen LogP) is 5.42. The van der Waals surface area contributed by atoms with E-state index in [2.05, 4.69) is 36.4 Å². The average molecular weight is 412 g/mol. The smallest absolute Gasteiger partial charge is 0.359 e. The van der Waals surface area contributed by atoms with Gasteiger partial charge in [0.15, 0.2) is 0 Å². The fourth-order valence-electron chi connectivity index (χ4n) is 3.61. The number of para-hydroxylation sites is 2. The molecule has 4 aromatic rings. The molecule has 0 aliphatic heterocycles. The number of aromatic nitrogens is 3. The molecule has 156 valence electrons. The molecule has 1 aromatic heterocycles. The minimum absolute atomic E-state index is 0.366. The Balaban J connectivity index is 1.44. The van der Waals surface area contributed by atoms with Crippen molar-refractivity contribution in [1.82, 2.24) is 9.90 Å². The van der Waals surface area contributed by atoms with Crippen molar-refractivity contribution >= 4 is 23.0 Å². The van der Waals surface area contributed by atoms with Crippen LogP contribution in [0.3, 0.4) is 0 Å². The minimum atomic E-state index is -0.367. The van der Waals surface area contributed by atoms with Crippen molar-refractivity contribution in [1.29, 1.82) is 0 Å². The zero-order valence-corrected chi connectivity index (χ0v) is 17.6. The van der Waals surface area contributed by atoms with Gasteiger partial charge in [0.1, 0.15) is 5.21 Å². The first-order valence-electron chi connectivity index (χ1n) is 10.6. The molecule has 5 nitrogen and oxygen atoms in total. The summed E-state index contributed by atoms with van der Waals surface area (Å²) in [4.78, 5) is 13.0. The number of carbonyl (C=O) groups is 1. The van der Waals surface area contributed by atoms with Crippen molar-refractivity contribution in [3.05, 3.63) is 95.2 Å². The van der Waals surface area contributed by atoms with Gasteiger partial charge >= 0.3 is 5.91 Å². The maximum atomic E-state index is 12.5. The van der Waals surface area contributed by atoms with E-state index < -0.39 is 0 Å². The summed E-state index contributed by atoms with van der Waals surface area (Å²) in [6, 6.07) is 23.6. The van der Waals surface area contributed by atoms with Crippen LogP contribution in [0.5, 0.6) is 0 Å². The van der Waals surface area contributed by atoms with Crippen molar-refractivity contribution < 1.29 is 9.64 Å². The van der Waals surface area contributed by atoms with Gasteiger partial charge in [0.2, 0.25) is 11.0 Å². The normalized spacial score (nSPS) is 11.4. The molecule has 0 fully saturated rings. The molecule has 0 aliphatic carbocycles. The second kappa shape index (κ2) is 9.39. The zero-order valence-electron chi connectivity index (χ0n) is 17.6. The summed E-state index contributed by atoms with van der Waals surface area (Å²) in [5, 5.41) is 15.6. The number of rotatable bonds is 7. The van der Waals surface area contributed by atoms with Crippen LogP contribution in [-0.4, -0.2) is 15.8 Å². The SMILES string of the molecule is CCCCCc1ccc(-c2ccc(C=CC(=O)n3n[n+]([O-])c4ccccc43)cc2)cc1. The highest BCUT2D eigenvalue weighted by Gasteiger charge is 2.18. The van der Waals surface area contributed by atoms with Crippen LogP contribution in [0.2, 0.25) is 0 Å². The lowest BCUT2D eigenvalue weighted by molar-refractivity contribution is -0.645. The summed E-state index contributed by atoms with van der Waals surface area (Å²) >= 11 is 0. The van der Waals surface area contributed by atoms with Crippen LogP contribution in [0, 0.1) is 5.21 Å². The van der Waals surface area contributed by atoms with Crippen molar-refractivity contribution in [2.24, 2.45) is 0 Å². The monoisotopic (exact) mass is 411 g/mol. The predicted molar refractivity (Wildman–Crippen MR) is 123 cm³/mol. The van der Waals surface area contributed by atoms with Crippen LogP contribution in [0.15, 0.2) is 78.9 Å². The number of unbranched alkanes of at least 4 members (excludes halogenated alkanes) is 2. The average Bonchev–Trinajstić information content (AvgIpc) is 3.15. The number of hydrogen-bond donors (Lipinski definition) is 0. The van der Waals surface area contributed by atoms with Gasteiger partial charge in [-0.15, -0.1) is 4.85 Å². The van der Waals surface area contributed by atoms with Gasteiger partial charge in [-0.3, -0.25) is 0 Å². The second-order valence-corrected chi connectivity index (χ2v) is 7.61. The molecule has 0 bridgehead atoms. The fraction of sp³-hybridized carbons (Fsp3) is 0.192. The summed E-state index contributed by atoms with van der Waals surface area (Å²) in [6.45, 7) is 2.22. The number of carbonyl (C=O) groups excluding carboxylic acids is 1. The van der Waals surface area contributed by atoms with Crippen molar-refractivity contribution in [2.75, 3.05) is 0 Å². The first-order chi connectivity index (χ1) is 15.2. The summed E-state index contributed by atoms with van der Waals surface area (Å²) < 4.78 is 1.12. The number of aryl methyl sites for hydroxylation is 1. The fourth-order valence-corrected chi connectivity index (χ4v) is 3.61. The van der Waals surface area contributed by atoms with Crippen molar-refractivity contribution in [3.8, 4) is 11.1 Å². The van der Waals surface area contributed by atoms with Crippen LogP contribution >= 0.6 is 0 Å². The van der Waals surface area contributed by atoms with E-state index >= 15 is 0 Å². The van der Waals surface area contributed by atoms with Gasteiger partial charge in [-0.1, -0.05) is 85.1 Å². The Bertz CT molecular complexity index is 1210. The highest BCUT2D eigenvalue weighted by molar-refractivity contribution is 5.97. The van der Waals surface area contributed by atoms with E-state index in [-0.39, 0.29) is 5.91 Å². The molecule has 4 rings (SSSR count). The van der Waals surface area contributed by atoms with Gasteiger partial charge in [-0.25, -0.2) is 4.79 Å². The third-order valence-electron chi connectivity index (χ3n) is 5.38. The summed E-state index contributed by atoms with van der Waals surface area (Å²) in [6.07, 6.45) is 8.03. The van der Waals surface area contributed by atoms with E-state index in [1.807, 2.05) is 24.3 Å². The largest absolute Gasteiger partial charge is 0.691 e. The molecule has 0 unspecified atom stereocenters. The molecule has 0 amide bonds. The molecule has 3 aromatic carbocycles. The quantitative estimate of drug-likeness (QED) is 0.176. The van der Waals surface area contributed by atoms with E-state index in [1.165, 1.54) is 36.5 Å². The third kappa shape index (κ3) is 4.72. The Labute approximate surface area is 181 Å². The lowest BCUT2D eigenvalue weighted by Crippen LogP contribution is -2.30. The highest BCUT2D eigenvalue weighted by atomic mass is 16.5. The van der Waals surface area contributed by atoms with Crippen LogP contribution in [-0.2, 0) is 6.42 Å². The van der Waals surface area contributed by atoms with Gasteiger partial charge in [0, 0.05) is 6.08 Å². The standard InChI is InChI=1S/C26H25N3O2/c1-2-3-4-7-20-10-15-22(16-11-20)23-17-12-21(13-18-23)14-19-26(30)28-24-8-5-6-9-25(24)29(31)27-28/h5-6,8-19H,2-4,7H2,1H3. The molecular weight excluding hydrogens is 386 g/mol. The Morgan fingerprint density at radius 2 is 1.65 bits per heavy atom. The molecular formula is C26H25N3O2. The molecule has 0 radical (unpaired) electrons. The van der Waals surface area contributed by atoms with E-state index in [4.69, 9.17) is 0 Å². The third-order valence-corrected chi connectivity index (χ3v) is 5.38. The molecule has 0 N–H and O–H groups in total. The maximum absolute atomic E-state index is 12.5. The molecule has 0 saturated carbocycles. The number of nitrogens with zero attached hydrogens (tertiary/aromatic N) is 3. The van der Waals surface area contributed by atoms with Gasteiger partial charge in [-0.05, 0) is 53.3 Å². The van der Waals surface area contributed by atoms with Gasteiger partial charge in [0.25, 0.3) is 0 Å². The lowest BCUT2D eigenvalue weighted by Gasteiger charge is -2.05. The lowest BCUT2D eigenvalue weighted by atomic mass is 10.0. The van der Waals surface area contributed by atoms with Crippen LogP contribution in [0.1, 0.15) is 42.1 Å². The molecule has 0 atom stereocenters. The Hall–Kier alpha value is -3.73. The minimum Gasteiger partial charge on any atom is -0.691 e. The second-order valence-electron chi connectivity index (χ2n) is 7.61. The number of hydrogen-bond acceptors (Lipinski definition) is 3. The van der Waals surface area contributed by atoms with Gasteiger partial charge < -0.3 is 5.21 Å². The molecule has 0 aliphatic rings. The maximum Gasteiger partial charge on any atom is 0.359 e. The topological polar surface area (TPSA) is 61.8 Å². The zero-order chi connectivity index (χ0) is 21.6. The molecule has 1 heterocycles. The molecule has 0 spiro atoms. The summed E-state index contributed by atoms with van der Waals surface area (Å²) in [7, 11) is 0. The van der Waals surface area contributed by atoms with E-state index in [1.54, 1.807) is 30.3 Å². The Kier molecular flexibility index (Phi) is 6.22. The summed E-state index contributed by atoms with van der Waals surface area (Å²) in [5.41, 5.74) is 5.44. The van der Waals surface area contributed by atoms with Gasteiger partial charge in [0.05, 0.1) is 0 Å². The highest BCUT2D eigenvalue weighted by Crippen LogP contribution is 2.21. The van der Waals surface area contributed by atoms with E-state index in [0.717, 1.165) is 22.2 Å². The summed E-state index contributed by atoms with van der Waals surface area (Å²) in [5.74, 6) is -0.367.